The third-order valence-corrected chi connectivity index (χ3v) is 5.58. The first kappa shape index (κ1) is 14.7. The lowest BCUT2D eigenvalue weighted by molar-refractivity contribution is 0.490. The summed E-state index contributed by atoms with van der Waals surface area (Å²) < 4.78 is 22.4. The molecule has 0 fully saturated rings. The number of sulfone groups is 1. The van der Waals surface area contributed by atoms with Gasteiger partial charge in [-0.05, 0) is 26.3 Å². The first-order valence-electron chi connectivity index (χ1n) is 6.46. The summed E-state index contributed by atoms with van der Waals surface area (Å²) in [5.41, 5.74) is 1.15. The summed E-state index contributed by atoms with van der Waals surface area (Å²) >= 11 is 1.69. The molecule has 1 unspecified atom stereocenters. The highest BCUT2D eigenvalue weighted by molar-refractivity contribution is 7.90. The molecule has 5 nitrogen and oxygen atoms in total. The minimum atomic E-state index is -2.92. The average molecular weight is 303 g/mol. The Hall–Kier alpha value is -0.660. The van der Waals surface area contributed by atoms with E-state index in [9.17, 15) is 8.42 Å². The molecule has 0 radical (unpaired) electrons. The van der Waals surface area contributed by atoms with Gasteiger partial charge in [-0.2, -0.15) is 0 Å². The molecule has 0 saturated heterocycles. The summed E-state index contributed by atoms with van der Waals surface area (Å²) in [5.74, 6) is 0.170. The number of rotatable bonds is 5. The second kappa shape index (κ2) is 5.76. The number of nitrogens with one attached hydrogen (secondary N) is 1. The van der Waals surface area contributed by atoms with Crippen molar-refractivity contribution in [1.29, 1.82) is 0 Å². The van der Waals surface area contributed by atoms with E-state index in [2.05, 4.69) is 5.32 Å². The number of fused-ring (bicyclic) bond motifs is 1. The molecular formula is C12H21N3O2S2. The van der Waals surface area contributed by atoms with E-state index in [1.54, 1.807) is 11.3 Å². The number of thiazole rings is 1. The van der Waals surface area contributed by atoms with Gasteiger partial charge in [0.2, 0.25) is 0 Å². The number of nitrogens with zero attached hydrogens (tertiary/aromatic N) is 2. The topological polar surface area (TPSA) is 62.3 Å². The highest BCUT2D eigenvalue weighted by atomic mass is 32.2. The van der Waals surface area contributed by atoms with Crippen LogP contribution < -0.4 is 10.2 Å². The van der Waals surface area contributed by atoms with Crippen molar-refractivity contribution in [3.63, 3.8) is 0 Å². The number of hydrogen-bond donors (Lipinski definition) is 1. The van der Waals surface area contributed by atoms with Gasteiger partial charge in [0.15, 0.2) is 5.13 Å². The van der Waals surface area contributed by atoms with Crippen LogP contribution in [0.5, 0.6) is 0 Å². The smallest absolute Gasteiger partial charge is 0.185 e. The predicted molar refractivity (Wildman–Crippen MR) is 79.8 cm³/mol. The monoisotopic (exact) mass is 303 g/mol. The number of anilines is 1. The lowest BCUT2D eigenvalue weighted by atomic mass is 9.98. The van der Waals surface area contributed by atoms with Crippen LogP contribution in [0.25, 0.3) is 0 Å². The van der Waals surface area contributed by atoms with E-state index in [4.69, 9.17) is 4.98 Å². The largest absolute Gasteiger partial charge is 0.350 e. The van der Waals surface area contributed by atoms with E-state index >= 15 is 0 Å². The Labute approximate surface area is 119 Å². The van der Waals surface area contributed by atoms with Crippen LogP contribution in [0.2, 0.25) is 0 Å². The minimum Gasteiger partial charge on any atom is -0.350 e. The van der Waals surface area contributed by atoms with Crippen molar-refractivity contribution in [2.24, 2.45) is 0 Å². The van der Waals surface area contributed by atoms with Gasteiger partial charge in [0.25, 0.3) is 0 Å². The van der Waals surface area contributed by atoms with Crippen molar-refractivity contribution in [2.75, 3.05) is 37.5 Å². The first-order valence-corrected chi connectivity index (χ1v) is 9.34. The Kier molecular flexibility index (Phi) is 4.47. The van der Waals surface area contributed by atoms with Crippen molar-refractivity contribution < 1.29 is 8.42 Å². The first-order chi connectivity index (χ1) is 8.90. The van der Waals surface area contributed by atoms with Crippen LogP contribution in [-0.4, -0.2) is 46.1 Å². The Morgan fingerprint density at radius 3 is 2.89 bits per heavy atom. The second-order valence-corrected chi connectivity index (χ2v) is 8.41. The number of aryl methyl sites for hydroxylation is 1. The van der Waals surface area contributed by atoms with Crippen LogP contribution in [0.1, 0.15) is 29.5 Å². The average Bonchev–Trinajstić information content (AvgIpc) is 2.78. The van der Waals surface area contributed by atoms with Gasteiger partial charge in [-0.25, -0.2) is 13.4 Å². The SMILES string of the molecule is CNC1CCCc2sc(N(C)CCS(C)(=O)=O)nc21. The fourth-order valence-corrected chi connectivity index (χ4v) is 4.00. The summed E-state index contributed by atoms with van der Waals surface area (Å²) in [4.78, 5) is 7.97. The molecule has 1 aliphatic carbocycles. The van der Waals surface area contributed by atoms with Crippen LogP contribution in [0.4, 0.5) is 5.13 Å². The lowest BCUT2D eigenvalue weighted by Crippen LogP contribution is -2.25. The Balaban J connectivity index is 2.11. The Morgan fingerprint density at radius 2 is 2.26 bits per heavy atom. The van der Waals surface area contributed by atoms with Gasteiger partial charge in [-0.3, -0.25) is 0 Å². The van der Waals surface area contributed by atoms with Gasteiger partial charge in [0, 0.05) is 24.7 Å². The molecule has 0 saturated carbocycles. The summed E-state index contributed by atoms with van der Waals surface area (Å²) in [6.45, 7) is 0.495. The minimum absolute atomic E-state index is 0.170. The number of hydrogen-bond acceptors (Lipinski definition) is 6. The molecule has 0 aliphatic heterocycles. The van der Waals surface area contributed by atoms with Crippen LogP contribution in [0, 0.1) is 0 Å². The van der Waals surface area contributed by atoms with E-state index in [0.717, 1.165) is 23.7 Å². The highest BCUT2D eigenvalue weighted by Gasteiger charge is 2.24. The predicted octanol–water partition coefficient (Wildman–Crippen LogP) is 1.22. The summed E-state index contributed by atoms with van der Waals surface area (Å²) in [5, 5.41) is 4.23. The molecule has 1 N–H and O–H groups in total. The number of aromatic nitrogens is 1. The third kappa shape index (κ3) is 3.67. The molecule has 1 aromatic rings. The molecule has 1 heterocycles. The van der Waals surface area contributed by atoms with Gasteiger partial charge in [0.05, 0.1) is 17.5 Å². The zero-order chi connectivity index (χ0) is 14.0. The highest BCUT2D eigenvalue weighted by Crippen LogP contribution is 2.36. The molecule has 7 heteroatoms. The molecule has 108 valence electrons. The van der Waals surface area contributed by atoms with Gasteiger partial charge in [-0.1, -0.05) is 0 Å². The Bertz CT molecular complexity index is 539. The van der Waals surface area contributed by atoms with E-state index in [0.29, 0.717) is 12.6 Å². The third-order valence-electron chi connectivity index (χ3n) is 3.42. The Morgan fingerprint density at radius 1 is 1.53 bits per heavy atom. The molecule has 2 rings (SSSR count). The van der Waals surface area contributed by atoms with E-state index < -0.39 is 9.84 Å². The van der Waals surface area contributed by atoms with E-state index in [-0.39, 0.29) is 5.75 Å². The fraction of sp³-hybridized carbons (Fsp3) is 0.750. The maximum absolute atomic E-state index is 11.2. The van der Waals surface area contributed by atoms with Gasteiger partial charge in [-0.15, -0.1) is 11.3 Å². The maximum atomic E-state index is 11.2. The fourth-order valence-electron chi connectivity index (χ4n) is 2.25. The molecule has 1 aromatic heterocycles. The molecule has 19 heavy (non-hydrogen) atoms. The van der Waals surface area contributed by atoms with Crippen molar-refractivity contribution >= 4 is 26.3 Å². The normalized spacial score (nSPS) is 19.2. The van der Waals surface area contributed by atoms with Crippen molar-refractivity contribution in [3.05, 3.63) is 10.6 Å². The molecule has 0 spiro atoms. The molecule has 1 atom stereocenters. The molecule has 0 aromatic carbocycles. The van der Waals surface area contributed by atoms with E-state index in [1.807, 2.05) is 19.0 Å². The molecule has 0 bridgehead atoms. The molecule has 0 amide bonds. The van der Waals surface area contributed by atoms with Crippen LogP contribution in [0.15, 0.2) is 0 Å². The van der Waals surface area contributed by atoms with E-state index in [1.165, 1.54) is 17.6 Å². The lowest BCUT2D eigenvalue weighted by Gasteiger charge is -2.19. The second-order valence-electron chi connectivity index (χ2n) is 5.09. The standard InChI is InChI=1S/C12H21N3O2S2/c1-13-9-5-4-6-10-11(9)14-12(18-10)15(2)7-8-19(3,16)17/h9,13H,4-8H2,1-3H3. The zero-order valence-electron chi connectivity index (χ0n) is 11.6. The summed E-state index contributed by atoms with van der Waals surface area (Å²) in [6.07, 6.45) is 4.67. The van der Waals surface area contributed by atoms with Gasteiger partial charge < -0.3 is 10.2 Å². The summed E-state index contributed by atoms with van der Waals surface area (Å²) in [6, 6.07) is 0.344. The summed E-state index contributed by atoms with van der Waals surface area (Å²) in [7, 11) is 0.949. The molecular weight excluding hydrogens is 282 g/mol. The van der Waals surface area contributed by atoms with Crippen molar-refractivity contribution in [1.82, 2.24) is 10.3 Å². The van der Waals surface area contributed by atoms with Crippen molar-refractivity contribution in [2.45, 2.75) is 25.3 Å². The van der Waals surface area contributed by atoms with Crippen molar-refractivity contribution in [3.8, 4) is 0 Å². The van der Waals surface area contributed by atoms with Gasteiger partial charge >= 0.3 is 0 Å². The molecule has 1 aliphatic rings. The van der Waals surface area contributed by atoms with Crippen LogP contribution in [0.3, 0.4) is 0 Å². The van der Waals surface area contributed by atoms with Crippen LogP contribution in [-0.2, 0) is 16.3 Å². The van der Waals surface area contributed by atoms with Crippen LogP contribution >= 0.6 is 11.3 Å². The maximum Gasteiger partial charge on any atom is 0.185 e. The van der Waals surface area contributed by atoms with Gasteiger partial charge in [0.1, 0.15) is 9.84 Å². The quantitative estimate of drug-likeness (QED) is 0.886. The zero-order valence-corrected chi connectivity index (χ0v) is 13.3.